The van der Waals surface area contributed by atoms with Crippen molar-refractivity contribution in [2.45, 2.75) is 0 Å². The third kappa shape index (κ3) is 4.69. The van der Waals surface area contributed by atoms with E-state index < -0.39 is 0 Å². The molecule has 5 heteroatoms. The highest BCUT2D eigenvalue weighted by atomic mass is 16.5. The molecule has 0 fully saturated rings. The summed E-state index contributed by atoms with van der Waals surface area (Å²) in [6.07, 6.45) is 0. The van der Waals surface area contributed by atoms with Crippen molar-refractivity contribution in [1.29, 1.82) is 0 Å². The molecule has 1 aliphatic rings. The van der Waals surface area contributed by atoms with Crippen LogP contribution in [0.15, 0.2) is 4.99 Å². The Morgan fingerprint density at radius 3 is 3.08 bits per heavy atom. The van der Waals surface area contributed by atoms with Gasteiger partial charge in [0.2, 0.25) is 0 Å². The zero-order valence-corrected chi connectivity index (χ0v) is 8.10. The molecule has 0 saturated carbocycles. The Morgan fingerprint density at radius 1 is 1.46 bits per heavy atom. The van der Waals surface area contributed by atoms with Crippen molar-refractivity contribution >= 4 is 5.96 Å². The monoisotopic (exact) mass is 186 g/mol. The van der Waals surface area contributed by atoms with E-state index in [2.05, 4.69) is 20.9 Å². The molecule has 13 heavy (non-hydrogen) atoms. The first-order valence-electron chi connectivity index (χ1n) is 4.65. The molecule has 0 radical (unpaired) electrons. The number of hydrogen-bond acceptors (Lipinski definition) is 5. The van der Waals surface area contributed by atoms with Crippen LogP contribution in [0.25, 0.3) is 0 Å². The minimum Gasteiger partial charge on any atom is -0.383 e. The molecule has 1 rings (SSSR count). The number of nitrogens with one attached hydrogen (secondary N) is 3. The second kappa shape index (κ2) is 6.68. The van der Waals surface area contributed by atoms with Crippen molar-refractivity contribution in [3.8, 4) is 0 Å². The molecule has 0 atom stereocenters. The fourth-order valence-electron chi connectivity index (χ4n) is 1.08. The Balaban J connectivity index is 1.83. The van der Waals surface area contributed by atoms with Gasteiger partial charge in [0.15, 0.2) is 5.96 Å². The van der Waals surface area contributed by atoms with Gasteiger partial charge in [0.05, 0.1) is 13.2 Å². The molecular weight excluding hydrogens is 168 g/mol. The Bertz CT molecular complexity index is 160. The van der Waals surface area contributed by atoms with Gasteiger partial charge < -0.3 is 20.7 Å². The first-order valence-corrected chi connectivity index (χ1v) is 4.65. The van der Waals surface area contributed by atoms with Crippen LogP contribution in [0.3, 0.4) is 0 Å². The third-order valence-electron chi connectivity index (χ3n) is 1.75. The molecule has 0 aromatic heterocycles. The Labute approximate surface area is 78.9 Å². The lowest BCUT2D eigenvalue weighted by molar-refractivity contribution is 0.199. The van der Waals surface area contributed by atoms with E-state index in [0.717, 1.165) is 45.3 Å². The average molecular weight is 186 g/mol. The highest BCUT2D eigenvalue weighted by molar-refractivity contribution is 5.81. The normalized spacial score (nSPS) is 15.3. The second-order valence-corrected chi connectivity index (χ2v) is 2.83. The predicted molar refractivity (Wildman–Crippen MR) is 53.1 cm³/mol. The second-order valence-electron chi connectivity index (χ2n) is 2.83. The van der Waals surface area contributed by atoms with Gasteiger partial charge in [-0.15, -0.1) is 0 Å². The average Bonchev–Trinajstić information content (AvgIpc) is 2.63. The van der Waals surface area contributed by atoms with Gasteiger partial charge in [-0.3, -0.25) is 4.99 Å². The van der Waals surface area contributed by atoms with Crippen LogP contribution in [0.1, 0.15) is 0 Å². The van der Waals surface area contributed by atoms with Gasteiger partial charge in [-0.05, 0) is 0 Å². The molecule has 5 nitrogen and oxygen atoms in total. The summed E-state index contributed by atoms with van der Waals surface area (Å²) in [5.41, 5.74) is 0. The summed E-state index contributed by atoms with van der Waals surface area (Å²) >= 11 is 0. The summed E-state index contributed by atoms with van der Waals surface area (Å²) in [5, 5.41) is 9.58. The van der Waals surface area contributed by atoms with E-state index in [-0.39, 0.29) is 0 Å². The zero-order chi connectivity index (χ0) is 9.36. The highest BCUT2D eigenvalue weighted by Crippen LogP contribution is 1.79. The quantitative estimate of drug-likeness (QED) is 0.455. The summed E-state index contributed by atoms with van der Waals surface area (Å²) < 4.78 is 4.90. The summed E-state index contributed by atoms with van der Waals surface area (Å²) in [4.78, 5) is 4.21. The van der Waals surface area contributed by atoms with Crippen molar-refractivity contribution in [2.75, 3.05) is 46.4 Å². The van der Waals surface area contributed by atoms with Crippen molar-refractivity contribution in [3.05, 3.63) is 0 Å². The fraction of sp³-hybridized carbons (Fsp3) is 0.875. The van der Waals surface area contributed by atoms with Crippen LogP contribution in [-0.2, 0) is 4.74 Å². The summed E-state index contributed by atoms with van der Waals surface area (Å²) in [6, 6.07) is 0. The molecule has 0 aromatic rings. The van der Waals surface area contributed by atoms with E-state index in [9.17, 15) is 0 Å². The zero-order valence-electron chi connectivity index (χ0n) is 8.10. The van der Waals surface area contributed by atoms with Crippen LogP contribution in [0.2, 0.25) is 0 Å². The number of guanidine groups is 1. The molecule has 0 unspecified atom stereocenters. The van der Waals surface area contributed by atoms with Crippen molar-refractivity contribution in [2.24, 2.45) is 4.99 Å². The number of methoxy groups -OCH3 is 1. The van der Waals surface area contributed by atoms with E-state index in [1.807, 2.05) is 0 Å². The molecule has 0 spiro atoms. The SMILES string of the molecule is COCCNCCNC1=NCCN1. The molecule has 1 aliphatic heterocycles. The van der Waals surface area contributed by atoms with Crippen molar-refractivity contribution in [3.63, 3.8) is 0 Å². The Morgan fingerprint density at radius 2 is 2.38 bits per heavy atom. The fourth-order valence-corrected chi connectivity index (χ4v) is 1.08. The third-order valence-corrected chi connectivity index (χ3v) is 1.75. The van der Waals surface area contributed by atoms with Crippen molar-refractivity contribution < 1.29 is 4.74 Å². The lowest BCUT2D eigenvalue weighted by Gasteiger charge is -2.07. The maximum atomic E-state index is 4.90. The molecular formula is C8H18N4O. The van der Waals surface area contributed by atoms with Crippen LogP contribution in [0, 0.1) is 0 Å². The number of rotatable bonds is 6. The van der Waals surface area contributed by atoms with Gasteiger partial charge in [-0.1, -0.05) is 0 Å². The molecule has 1 heterocycles. The van der Waals surface area contributed by atoms with E-state index in [1.54, 1.807) is 7.11 Å². The van der Waals surface area contributed by atoms with Gasteiger partial charge in [-0.25, -0.2) is 0 Å². The maximum absolute atomic E-state index is 4.90. The first kappa shape index (κ1) is 10.3. The first-order chi connectivity index (χ1) is 6.43. The van der Waals surface area contributed by atoms with Crippen LogP contribution < -0.4 is 16.0 Å². The largest absolute Gasteiger partial charge is 0.383 e. The predicted octanol–water partition coefficient (Wildman–Crippen LogP) is -1.23. The van der Waals surface area contributed by atoms with Gasteiger partial charge in [-0.2, -0.15) is 0 Å². The number of hydrogen-bond donors (Lipinski definition) is 3. The van der Waals surface area contributed by atoms with E-state index in [4.69, 9.17) is 4.74 Å². The van der Waals surface area contributed by atoms with Gasteiger partial charge >= 0.3 is 0 Å². The number of ether oxygens (including phenoxy) is 1. The number of aliphatic imine (C=N–C) groups is 1. The molecule has 76 valence electrons. The maximum Gasteiger partial charge on any atom is 0.191 e. The minimum atomic E-state index is 0.763. The topological polar surface area (TPSA) is 57.7 Å². The molecule has 3 N–H and O–H groups in total. The Hall–Kier alpha value is -0.810. The smallest absolute Gasteiger partial charge is 0.191 e. The lowest BCUT2D eigenvalue weighted by Crippen LogP contribution is -2.38. The van der Waals surface area contributed by atoms with Crippen LogP contribution in [0.5, 0.6) is 0 Å². The minimum absolute atomic E-state index is 0.763. The lowest BCUT2D eigenvalue weighted by atomic mass is 10.5. The number of nitrogens with zero attached hydrogens (tertiary/aromatic N) is 1. The van der Waals surface area contributed by atoms with Gasteiger partial charge in [0, 0.05) is 33.3 Å². The van der Waals surface area contributed by atoms with Gasteiger partial charge in [0.1, 0.15) is 0 Å². The van der Waals surface area contributed by atoms with E-state index in [1.165, 1.54) is 0 Å². The van der Waals surface area contributed by atoms with E-state index in [0.29, 0.717) is 0 Å². The van der Waals surface area contributed by atoms with Crippen LogP contribution in [-0.4, -0.2) is 52.4 Å². The summed E-state index contributed by atoms with van der Waals surface area (Å²) in [6.45, 7) is 5.34. The summed E-state index contributed by atoms with van der Waals surface area (Å²) in [5.74, 6) is 0.925. The molecule has 0 aliphatic carbocycles. The Kier molecular flexibility index (Phi) is 5.28. The summed E-state index contributed by atoms with van der Waals surface area (Å²) in [7, 11) is 1.71. The van der Waals surface area contributed by atoms with E-state index >= 15 is 0 Å². The van der Waals surface area contributed by atoms with Crippen LogP contribution >= 0.6 is 0 Å². The molecule has 0 bridgehead atoms. The van der Waals surface area contributed by atoms with Gasteiger partial charge in [0.25, 0.3) is 0 Å². The molecule has 0 amide bonds. The molecule has 0 saturated heterocycles. The van der Waals surface area contributed by atoms with Crippen molar-refractivity contribution in [1.82, 2.24) is 16.0 Å². The standard InChI is InChI=1S/C8H18N4O/c1-13-7-6-9-2-3-10-8-11-4-5-12-8/h9H,2-7H2,1H3,(H2,10,11,12). The molecule has 0 aromatic carbocycles. The van der Waals surface area contributed by atoms with Crippen LogP contribution in [0.4, 0.5) is 0 Å². The highest BCUT2D eigenvalue weighted by Gasteiger charge is 2.01.